The van der Waals surface area contributed by atoms with E-state index in [1.165, 1.54) is 0 Å². The molecule has 0 spiro atoms. The highest BCUT2D eigenvalue weighted by Gasteiger charge is 2.31. The molecule has 1 saturated carbocycles. The number of ether oxygens (including phenoxy) is 1. The van der Waals surface area contributed by atoms with Crippen molar-refractivity contribution in [1.82, 2.24) is 10.2 Å². The van der Waals surface area contributed by atoms with E-state index in [2.05, 4.69) is 5.32 Å². The van der Waals surface area contributed by atoms with Crippen LogP contribution in [0, 0.1) is 11.8 Å². The number of aliphatic carboxylic acids is 1. The summed E-state index contributed by atoms with van der Waals surface area (Å²) in [5.41, 5.74) is 0. The van der Waals surface area contributed by atoms with Gasteiger partial charge in [-0.05, 0) is 31.6 Å². The molecule has 1 aliphatic heterocycles. The fourth-order valence-corrected chi connectivity index (χ4v) is 3.42. The minimum absolute atomic E-state index is 0.0585. The minimum Gasteiger partial charge on any atom is -0.481 e. The lowest BCUT2D eigenvalue weighted by atomic mass is 9.79. The predicted molar refractivity (Wildman–Crippen MR) is 78.1 cm³/mol. The molecule has 6 nitrogen and oxygen atoms in total. The highest BCUT2D eigenvalue weighted by molar-refractivity contribution is 5.74. The van der Waals surface area contributed by atoms with Gasteiger partial charge in [-0.15, -0.1) is 0 Å². The molecule has 0 aromatic heterocycles. The average Bonchev–Trinajstić information content (AvgIpc) is 2.52. The van der Waals surface area contributed by atoms with Gasteiger partial charge in [-0.3, -0.25) is 4.79 Å². The maximum Gasteiger partial charge on any atom is 0.317 e. The molecule has 3 atom stereocenters. The van der Waals surface area contributed by atoms with Gasteiger partial charge >= 0.3 is 12.0 Å². The Hall–Kier alpha value is -1.30. The maximum absolute atomic E-state index is 12.2. The van der Waals surface area contributed by atoms with Gasteiger partial charge < -0.3 is 20.1 Å². The van der Waals surface area contributed by atoms with Crippen molar-refractivity contribution in [3.8, 4) is 0 Å². The van der Waals surface area contributed by atoms with Crippen LogP contribution in [0.1, 0.15) is 38.5 Å². The Bertz CT molecular complexity index is 375. The SMILES string of the molecule is COC1CCCN(C(=O)NCC2CCCCC2C(=O)O)C1. The zero-order chi connectivity index (χ0) is 15.2. The van der Waals surface area contributed by atoms with Crippen LogP contribution >= 0.6 is 0 Å². The third kappa shape index (κ3) is 4.33. The van der Waals surface area contributed by atoms with Crippen LogP contribution < -0.4 is 5.32 Å². The van der Waals surface area contributed by atoms with Crippen molar-refractivity contribution in [2.45, 2.75) is 44.6 Å². The van der Waals surface area contributed by atoms with Crippen molar-refractivity contribution in [1.29, 1.82) is 0 Å². The first-order valence-electron chi connectivity index (χ1n) is 7.90. The number of urea groups is 1. The summed E-state index contributed by atoms with van der Waals surface area (Å²) in [5, 5.41) is 12.2. The minimum atomic E-state index is -0.730. The second-order valence-corrected chi connectivity index (χ2v) is 6.12. The maximum atomic E-state index is 12.2. The molecule has 21 heavy (non-hydrogen) atoms. The number of likely N-dealkylation sites (tertiary alicyclic amines) is 1. The summed E-state index contributed by atoms with van der Waals surface area (Å²) in [5.74, 6) is -0.985. The Morgan fingerprint density at radius 3 is 2.71 bits per heavy atom. The number of nitrogens with one attached hydrogen (secondary N) is 1. The summed E-state index contributed by atoms with van der Waals surface area (Å²) < 4.78 is 5.32. The summed E-state index contributed by atoms with van der Waals surface area (Å²) in [6.07, 6.45) is 5.70. The van der Waals surface area contributed by atoms with Gasteiger partial charge in [0, 0.05) is 26.7 Å². The van der Waals surface area contributed by atoms with Crippen LogP contribution in [0.25, 0.3) is 0 Å². The van der Waals surface area contributed by atoms with E-state index >= 15 is 0 Å². The zero-order valence-electron chi connectivity index (χ0n) is 12.7. The molecule has 120 valence electrons. The molecule has 1 aliphatic carbocycles. The zero-order valence-corrected chi connectivity index (χ0v) is 12.7. The van der Waals surface area contributed by atoms with Gasteiger partial charge in [-0.25, -0.2) is 4.79 Å². The Labute approximate surface area is 125 Å². The fourth-order valence-electron chi connectivity index (χ4n) is 3.42. The van der Waals surface area contributed by atoms with Crippen molar-refractivity contribution < 1.29 is 19.4 Å². The van der Waals surface area contributed by atoms with Crippen LogP contribution in [0.4, 0.5) is 4.79 Å². The van der Waals surface area contributed by atoms with Crippen molar-refractivity contribution in [2.24, 2.45) is 11.8 Å². The number of carbonyl (C=O) groups excluding carboxylic acids is 1. The van der Waals surface area contributed by atoms with E-state index in [0.29, 0.717) is 13.1 Å². The second-order valence-electron chi connectivity index (χ2n) is 6.12. The van der Waals surface area contributed by atoms with Gasteiger partial charge in [-0.1, -0.05) is 12.8 Å². The normalized spacial score (nSPS) is 30.0. The molecule has 1 heterocycles. The standard InChI is InChI=1S/C15H26N2O4/c1-21-12-6-4-8-17(10-12)15(20)16-9-11-5-2-3-7-13(11)14(18)19/h11-13H,2-10H2,1H3,(H,16,20)(H,18,19). The smallest absolute Gasteiger partial charge is 0.317 e. The van der Waals surface area contributed by atoms with Crippen LogP contribution in [0.2, 0.25) is 0 Å². The van der Waals surface area contributed by atoms with E-state index in [-0.39, 0.29) is 24.0 Å². The summed E-state index contributed by atoms with van der Waals surface area (Å²) >= 11 is 0. The molecule has 0 aromatic rings. The molecule has 3 unspecified atom stereocenters. The Morgan fingerprint density at radius 2 is 2.00 bits per heavy atom. The molecule has 0 aromatic carbocycles. The summed E-state index contributed by atoms with van der Waals surface area (Å²) in [7, 11) is 1.67. The first-order chi connectivity index (χ1) is 10.1. The lowest BCUT2D eigenvalue weighted by Gasteiger charge is -2.33. The van der Waals surface area contributed by atoms with Crippen molar-refractivity contribution in [3.05, 3.63) is 0 Å². The number of nitrogens with zero attached hydrogens (tertiary/aromatic N) is 1. The number of hydrogen-bond acceptors (Lipinski definition) is 3. The van der Waals surface area contributed by atoms with E-state index in [9.17, 15) is 14.7 Å². The molecule has 6 heteroatoms. The van der Waals surface area contributed by atoms with Crippen LogP contribution in [0.3, 0.4) is 0 Å². The Kier molecular flexibility index (Phi) is 5.85. The van der Waals surface area contributed by atoms with E-state index in [0.717, 1.165) is 45.1 Å². The largest absolute Gasteiger partial charge is 0.481 e. The predicted octanol–water partition coefficient (Wildman–Crippen LogP) is 1.70. The van der Waals surface area contributed by atoms with Gasteiger partial charge in [0.2, 0.25) is 0 Å². The Morgan fingerprint density at radius 1 is 1.24 bits per heavy atom. The molecule has 2 rings (SSSR count). The van der Waals surface area contributed by atoms with Gasteiger partial charge in [0.15, 0.2) is 0 Å². The van der Waals surface area contributed by atoms with Gasteiger partial charge in [-0.2, -0.15) is 0 Å². The number of hydrogen-bond donors (Lipinski definition) is 2. The lowest BCUT2D eigenvalue weighted by molar-refractivity contribution is -0.144. The molecule has 2 amide bonds. The quantitative estimate of drug-likeness (QED) is 0.828. The first-order valence-corrected chi connectivity index (χ1v) is 7.90. The third-order valence-corrected chi connectivity index (χ3v) is 4.74. The monoisotopic (exact) mass is 298 g/mol. The number of carboxylic acid groups (broad SMARTS) is 1. The highest BCUT2D eigenvalue weighted by Crippen LogP contribution is 2.29. The summed E-state index contributed by atoms with van der Waals surface area (Å²) in [6, 6.07) is -0.0912. The molecular weight excluding hydrogens is 272 g/mol. The molecular formula is C15H26N2O4. The number of rotatable bonds is 4. The first kappa shape index (κ1) is 16.1. The second kappa shape index (κ2) is 7.64. The molecule has 2 fully saturated rings. The topological polar surface area (TPSA) is 78.9 Å². The van der Waals surface area contributed by atoms with E-state index in [1.807, 2.05) is 0 Å². The van der Waals surface area contributed by atoms with Crippen LogP contribution in [-0.4, -0.2) is 54.9 Å². The lowest BCUT2D eigenvalue weighted by Crippen LogP contribution is -2.49. The molecule has 0 radical (unpaired) electrons. The number of carbonyl (C=O) groups is 2. The number of amides is 2. The van der Waals surface area contributed by atoms with Crippen LogP contribution in [0.5, 0.6) is 0 Å². The molecule has 2 N–H and O–H groups in total. The molecule has 1 saturated heterocycles. The van der Waals surface area contributed by atoms with E-state index in [4.69, 9.17) is 4.74 Å². The van der Waals surface area contributed by atoms with Crippen LogP contribution in [0.15, 0.2) is 0 Å². The summed E-state index contributed by atoms with van der Waals surface area (Å²) in [4.78, 5) is 25.2. The Balaban J connectivity index is 1.81. The highest BCUT2D eigenvalue weighted by atomic mass is 16.5. The third-order valence-electron chi connectivity index (χ3n) is 4.74. The van der Waals surface area contributed by atoms with Gasteiger partial charge in [0.05, 0.1) is 12.0 Å². The van der Waals surface area contributed by atoms with E-state index in [1.54, 1.807) is 12.0 Å². The van der Waals surface area contributed by atoms with Gasteiger partial charge in [0.1, 0.15) is 0 Å². The average molecular weight is 298 g/mol. The molecule has 2 aliphatic rings. The van der Waals surface area contributed by atoms with E-state index < -0.39 is 5.97 Å². The van der Waals surface area contributed by atoms with Crippen molar-refractivity contribution in [2.75, 3.05) is 26.7 Å². The van der Waals surface area contributed by atoms with Crippen molar-refractivity contribution >= 4 is 12.0 Å². The summed E-state index contributed by atoms with van der Waals surface area (Å²) in [6.45, 7) is 1.83. The fraction of sp³-hybridized carbons (Fsp3) is 0.867. The number of carboxylic acids is 1. The number of methoxy groups -OCH3 is 1. The van der Waals surface area contributed by atoms with Crippen LogP contribution in [-0.2, 0) is 9.53 Å². The van der Waals surface area contributed by atoms with Gasteiger partial charge in [0.25, 0.3) is 0 Å². The number of piperidine rings is 1. The van der Waals surface area contributed by atoms with Crippen molar-refractivity contribution in [3.63, 3.8) is 0 Å². The molecule has 0 bridgehead atoms.